The molecular formula is C11H13NO2S. The van der Waals surface area contributed by atoms with Crippen LogP contribution in [0.15, 0.2) is 17.6 Å². The Morgan fingerprint density at radius 2 is 2.00 bits per heavy atom. The average molecular weight is 223 g/mol. The van der Waals surface area contributed by atoms with E-state index in [0.29, 0.717) is 13.2 Å². The van der Waals surface area contributed by atoms with Gasteiger partial charge >= 0.3 is 0 Å². The number of hydrogen-bond donors (Lipinski definition) is 0. The Balaban J connectivity index is 2.48. The molecule has 0 N–H and O–H groups in total. The quantitative estimate of drug-likeness (QED) is 0.798. The Hall–Kier alpha value is -1.29. The Bertz CT molecular complexity index is 453. The van der Waals surface area contributed by atoms with Crippen LogP contribution >= 0.6 is 11.3 Å². The van der Waals surface area contributed by atoms with Gasteiger partial charge < -0.3 is 9.47 Å². The van der Waals surface area contributed by atoms with Crippen molar-refractivity contribution in [3.8, 4) is 11.5 Å². The predicted molar refractivity (Wildman–Crippen MR) is 62.0 cm³/mol. The van der Waals surface area contributed by atoms with E-state index in [1.54, 1.807) is 11.3 Å². The van der Waals surface area contributed by atoms with Crippen LogP contribution in [-0.4, -0.2) is 18.2 Å². The Morgan fingerprint density at radius 1 is 1.20 bits per heavy atom. The van der Waals surface area contributed by atoms with Crippen LogP contribution in [-0.2, 0) is 0 Å². The van der Waals surface area contributed by atoms with Crippen LogP contribution < -0.4 is 9.47 Å². The number of benzene rings is 1. The number of ether oxygens (including phenoxy) is 2. The summed E-state index contributed by atoms with van der Waals surface area (Å²) < 4.78 is 12.1. The van der Waals surface area contributed by atoms with Crippen molar-refractivity contribution in [2.45, 2.75) is 13.8 Å². The van der Waals surface area contributed by atoms with Gasteiger partial charge in [-0.05, 0) is 19.9 Å². The van der Waals surface area contributed by atoms with Crippen LogP contribution in [0.1, 0.15) is 13.8 Å². The third-order valence-corrected chi connectivity index (χ3v) is 2.76. The Kier molecular flexibility index (Phi) is 3.06. The zero-order valence-corrected chi connectivity index (χ0v) is 9.63. The van der Waals surface area contributed by atoms with Crippen molar-refractivity contribution >= 4 is 21.6 Å². The van der Waals surface area contributed by atoms with E-state index in [1.165, 1.54) is 0 Å². The van der Waals surface area contributed by atoms with E-state index in [2.05, 4.69) is 4.98 Å². The molecule has 0 amide bonds. The van der Waals surface area contributed by atoms with E-state index in [1.807, 2.05) is 31.5 Å². The molecule has 2 aromatic rings. The lowest BCUT2D eigenvalue weighted by molar-refractivity contribution is 0.326. The van der Waals surface area contributed by atoms with Crippen LogP contribution in [0.3, 0.4) is 0 Å². The second kappa shape index (κ2) is 4.49. The maximum atomic E-state index is 5.53. The van der Waals surface area contributed by atoms with Gasteiger partial charge in [-0.1, -0.05) is 0 Å². The first-order valence-electron chi connectivity index (χ1n) is 4.98. The van der Waals surface area contributed by atoms with E-state index < -0.39 is 0 Å². The molecule has 0 aliphatic carbocycles. The molecule has 0 bridgehead atoms. The van der Waals surface area contributed by atoms with Gasteiger partial charge in [0.1, 0.15) is 17.0 Å². The summed E-state index contributed by atoms with van der Waals surface area (Å²) >= 11 is 1.60. The van der Waals surface area contributed by atoms with Gasteiger partial charge in [0.05, 0.1) is 23.4 Å². The largest absolute Gasteiger partial charge is 0.494 e. The fourth-order valence-corrected chi connectivity index (χ4v) is 2.15. The van der Waals surface area contributed by atoms with Crippen LogP contribution in [0.4, 0.5) is 0 Å². The van der Waals surface area contributed by atoms with Gasteiger partial charge in [-0.15, -0.1) is 11.3 Å². The smallest absolute Gasteiger partial charge is 0.150 e. The molecule has 0 spiro atoms. The topological polar surface area (TPSA) is 31.4 Å². The summed E-state index contributed by atoms with van der Waals surface area (Å²) in [6.45, 7) is 5.24. The Labute approximate surface area is 92.7 Å². The molecule has 0 saturated carbocycles. The molecule has 3 nitrogen and oxygen atoms in total. The highest BCUT2D eigenvalue weighted by molar-refractivity contribution is 7.16. The normalized spacial score (nSPS) is 10.5. The molecule has 4 heteroatoms. The van der Waals surface area contributed by atoms with Crippen molar-refractivity contribution in [1.29, 1.82) is 0 Å². The first-order valence-corrected chi connectivity index (χ1v) is 5.86. The Morgan fingerprint density at radius 3 is 2.73 bits per heavy atom. The van der Waals surface area contributed by atoms with Crippen molar-refractivity contribution in [3.63, 3.8) is 0 Å². The van der Waals surface area contributed by atoms with Crippen LogP contribution in [0.5, 0.6) is 11.5 Å². The summed E-state index contributed by atoms with van der Waals surface area (Å²) in [5.74, 6) is 1.65. The molecule has 0 unspecified atom stereocenters. The van der Waals surface area contributed by atoms with E-state index in [0.717, 1.165) is 21.7 Å². The van der Waals surface area contributed by atoms with Gasteiger partial charge in [0.2, 0.25) is 0 Å². The van der Waals surface area contributed by atoms with Crippen LogP contribution in [0.25, 0.3) is 10.2 Å². The summed E-state index contributed by atoms with van der Waals surface area (Å²) in [5, 5.41) is 0. The highest BCUT2D eigenvalue weighted by atomic mass is 32.1. The zero-order valence-electron chi connectivity index (χ0n) is 8.82. The molecule has 0 aliphatic rings. The second-order valence-corrected chi connectivity index (χ2v) is 3.87. The summed E-state index contributed by atoms with van der Waals surface area (Å²) in [6, 6.07) is 3.90. The number of hydrogen-bond acceptors (Lipinski definition) is 4. The zero-order chi connectivity index (χ0) is 10.7. The number of fused-ring (bicyclic) bond motifs is 1. The molecule has 0 radical (unpaired) electrons. The molecule has 1 heterocycles. The van der Waals surface area contributed by atoms with Crippen molar-refractivity contribution in [2.24, 2.45) is 0 Å². The third kappa shape index (κ3) is 2.04. The van der Waals surface area contributed by atoms with Gasteiger partial charge in [-0.2, -0.15) is 0 Å². The van der Waals surface area contributed by atoms with Gasteiger partial charge in [0.25, 0.3) is 0 Å². The molecule has 0 atom stereocenters. The predicted octanol–water partition coefficient (Wildman–Crippen LogP) is 3.09. The number of thiazole rings is 1. The number of rotatable bonds is 4. The maximum Gasteiger partial charge on any atom is 0.150 e. The molecule has 2 rings (SSSR count). The highest BCUT2D eigenvalue weighted by Crippen LogP contribution is 2.32. The molecule has 0 aliphatic heterocycles. The first-order chi connectivity index (χ1) is 7.35. The number of aromatic nitrogens is 1. The monoisotopic (exact) mass is 223 g/mol. The van der Waals surface area contributed by atoms with E-state index >= 15 is 0 Å². The van der Waals surface area contributed by atoms with Gasteiger partial charge in [-0.25, -0.2) is 4.98 Å². The summed E-state index contributed by atoms with van der Waals surface area (Å²) in [5.41, 5.74) is 2.74. The van der Waals surface area contributed by atoms with Crippen molar-refractivity contribution < 1.29 is 9.47 Å². The maximum absolute atomic E-state index is 5.53. The third-order valence-electron chi connectivity index (χ3n) is 1.99. The molecule has 1 aromatic heterocycles. The summed E-state index contributed by atoms with van der Waals surface area (Å²) in [4.78, 5) is 4.28. The van der Waals surface area contributed by atoms with Gasteiger partial charge in [0, 0.05) is 6.07 Å². The van der Waals surface area contributed by atoms with Crippen LogP contribution in [0, 0.1) is 0 Å². The van der Waals surface area contributed by atoms with E-state index in [-0.39, 0.29) is 0 Å². The molecular weight excluding hydrogens is 210 g/mol. The standard InChI is InChI=1S/C11H13NO2S/c1-3-13-8-5-9(14-4-2)11-10(6-8)15-7-12-11/h5-7H,3-4H2,1-2H3. The van der Waals surface area contributed by atoms with Gasteiger partial charge in [0.15, 0.2) is 0 Å². The van der Waals surface area contributed by atoms with Crippen molar-refractivity contribution in [3.05, 3.63) is 17.6 Å². The van der Waals surface area contributed by atoms with Gasteiger partial charge in [-0.3, -0.25) is 0 Å². The first kappa shape index (κ1) is 10.2. The molecule has 15 heavy (non-hydrogen) atoms. The lowest BCUT2D eigenvalue weighted by Crippen LogP contribution is -1.95. The molecule has 0 saturated heterocycles. The lowest BCUT2D eigenvalue weighted by Gasteiger charge is -2.07. The molecule has 1 aromatic carbocycles. The highest BCUT2D eigenvalue weighted by Gasteiger charge is 2.07. The minimum absolute atomic E-state index is 0.641. The van der Waals surface area contributed by atoms with Crippen molar-refractivity contribution in [2.75, 3.05) is 13.2 Å². The van der Waals surface area contributed by atoms with E-state index in [9.17, 15) is 0 Å². The fourth-order valence-electron chi connectivity index (χ4n) is 1.43. The van der Waals surface area contributed by atoms with E-state index in [4.69, 9.17) is 9.47 Å². The fraction of sp³-hybridized carbons (Fsp3) is 0.364. The molecule has 80 valence electrons. The SMILES string of the molecule is CCOc1cc(OCC)c2ncsc2c1. The average Bonchev–Trinajstić information content (AvgIpc) is 2.67. The summed E-state index contributed by atoms with van der Waals surface area (Å²) in [6.07, 6.45) is 0. The molecule has 0 fully saturated rings. The van der Waals surface area contributed by atoms with Crippen LogP contribution in [0.2, 0.25) is 0 Å². The summed E-state index contributed by atoms with van der Waals surface area (Å²) in [7, 11) is 0. The lowest BCUT2D eigenvalue weighted by atomic mass is 10.3. The second-order valence-electron chi connectivity index (χ2n) is 2.99. The van der Waals surface area contributed by atoms with Crippen molar-refractivity contribution in [1.82, 2.24) is 4.98 Å². The minimum Gasteiger partial charge on any atom is -0.494 e. The number of nitrogens with zero attached hydrogens (tertiary/aromatic N) is 1. The minimum atomic E-state index is 0.641.